The van der Waals surface area contributed by atoms with E-state index in [0.717, 1.165) is 66.4 Å². The molecule has 1 saturated heterocycles. The summed E-state index contributed by atoms with van der Waals surface area (Å²) in [6.07, 6.45) is 7.51. The van der Waals surface area contributed by atoms with Crippen molar-refractivity contribution >= 4 is 17.7 Å². The molecular weight excluding hydrogens is 358 g/mol. The highest BCUT2D eigenvalue weighted by atomic mass is 32.2. The van der Waals surface area contributed by atoms with Crippen LogP contribution in [0, 0.1) is 23.2 Å². The van der Waals surface area contributed by atoms with Gasteiger partial charge in [-0.25, -0.2) is 0 Å². The summed E-state index contributed by atoms with van der Waals surface area (Å²) in [6, 6.07) is 6.02. The number of methoxy groups -OCH3 is 2. The van der Waals surface area contributed by atoms with Crippen LogP contribution in [0.5, 0.6) is 11.5 Å². The van der Waals surface area contributed by atoms with Crippen LogP contribution in [0.1, 0.15) is 49.5 Å². The maximum absolute atomic E-state index is 13.8. The Labute approximate surface area is 166 Å². The van der Waals surface area contributed by atoms with Crippen molar-refractivity contribution in [2.75, 3.05) is 26.5 Å². The fourth-order valence-corrected chi connectivity index (χ4v) is 7.84. The number of rotatable bonds is 4. The molecule has 27 heavy (non-hydrogen) atoms. The monoisotopic (exact) mass is 387 g/mol. The van der Waals surface area contributed by atoms with Crippen LogP contribution in [0.2, 0.25) is 0 Å². The zero-order valence-corrected chi connectivity index (χ0v) is 17.1. The molecule has 1 heterocycles. The van der Waals surface area contributed by atoms with E-state index in [1.54, 1.807) is 14.2 Å². The van der Waals surface area contributed by atoms with E-state index in [2.05, 4.69) is 17.0 Å². The number of amides is 1. The molecule has 1 atom stereocenters. The molecule has 1 aromatic rings. The van der Waals surface area contributed by atoms with Gasteiger partial charge >= 0.3 is 0 Å². The Hall–Kier alpha value is -1.36. The average Bonchev–Trinajstić information content (AvgIpc) is 3.15. The van der Waals surface area contributed by atoms with Gasteiger partial charge in [0.25, 0.3) is 0 Å². The van der Waals surface area contributed by atoms with E-state index in [1.165, 1.54) is 19.3 Å². The molecule has 146 valence electrons. The van der Waals surface area contributed by atoms with Gasteiger partial charge in [-0.2, -0.15) is 0 Å². The van der Waals surface area contributed by atoms with Crippen LogP contribution in [0.15, 0.2) is 18.2 Å². The molecule has 1 aromatic carbocycles. The molecule has 1 aliphatic heterocycles. The Kier molecular flexibility index (Phi) is 4.34. The smallest absolute Gasteiger partial charge is 0.230 e. The number of nitrogens with zero attached hydrogens (tertiary/aromatic N) is 1. The second-order valence-electron chi connectivity index (χ2n) is 9.07. The molecule has 4 bridgehead atoms. The summed E-state index contributed by atoms with van der Waals surface area (Å²) in [5.41, 5.74) is 1.05. The summed E-state index contributed by atoms with van der Waals surface area (Å²) in [7, 11) is 3.36. The predicted molar refractivity (Wildman–Crippen MR) is 107 cm³/mol. The molecule has 0 spiro atoms. The lowest BCUT2D eigenvalue weighted by molar-refractivity contribution is -0.157. The third-order valence-corrected chi connectivity index (χ3v) is 8.56. The molecule has 5 fully saturated rings. The van der Waals surface area contributed by atoms with Gasteiger partial charge in [-0.15, -0.1) is 11.8 Å². The Morgan fingerprint density at radius 3 is 2.07 bits per heavy atom. The fourth-order valence-electron chi connectivity index (χ4n) is 6.60. The number of thioether (sulfide) groups is 1. The Balaban J connectivity index is 1.44. The van der Waals surface area contributed by atoms with E-state index in [1.807, 2.05) is 17.8 Å². The van der Waals surface area contributed by atoms with Crippen molar-refractivity contribution in [2.24, 2.45) is 23.2 Å². The van der Waals surface area contributed by atoms with E-state index < -0.39 is 0 Å². The molecule has 4 saturated carbocycles. The summed E-state index contributed by atoms with van der Waals surface area (Å²) in [4.78, 5) is 16.0. The lowest BCUT2D eigenvalue weighted by Gasteiger charge is -2.56. The summed E-state index contributed by atoms with van der Waals surface area (Å²) < 4.78 is 10.9. The van der Waals surface area contributed by atoms with Crippen molar-refractivity contribution in [3.63, 3.8) is 0 Å². The molecule has 0 aromatic heterocycles. The van der Waals surface area contributed by atoms with Gasteiger partial charge in [-0.1, -0.05) is 0 Å². The second kappa shape index (κ2) is 6.61. The number of carbonyl (C=O) groups excluding carboxylic acids is 1. The summed E-state index contributed by atoms with van der Waals surface area (Å²) in [5, 5.41) is 0.0782. The van der Waals surface area contributed by atoms with Crippen molar-refractivity contribution in [1.82, 2.24) is 4.90 Å². The van der Waals surface area contributed by atoms with Crippen LogP contribution in [0.4, 0.5) is 0 Å². The van der Waals surface area contributed by atoms with Crippen molar-refractivity contribution in [2.45, 2.75) is 43.9 Å². The lowest BCUT2D eigenvalue weighted by Crippen LogP contribution is -2.54. The molecule has 0 radical (unpaired) electrons. The van der Waals surface area contributed by atoms with Gasteiger partial charge in [-0.05, 0) is 74.0 Å². The highest BCUT2D eigenvalue weighted by Crippen LogP contribution is 2.61. The van der Waals surface area contributed by atoms with Crippen LogP contribution in [-0.2, 0) is 4.79 Å². The maximum atomic E-state index is 13.8. The number of hydrogen-bond acceptors (Lipinski definition) is 4. The molecule has 5 heteroatoms. The normalized spacial score (nSPS) is 36.9. The standard InChI is InChI=1S/C22H29NO3S/c1-25-18-8-17(9-19(10-18)26-2)20-23(3-4-27-20)21(24)22-11-14-5-15(12-22)7-16(6-14)13-22/h8-10,14-16,20H,3-7,11-13H2,1-2H3. The third kappa shape index (κ3) is 2.93. The minimum absolute atomic E-state index is 0.0686. The number of ether oxygens (including phenoxy) is 2. The van der Waals surface area contributed by atoms with Gasteiger partial charge in [0.2, 0.25) is 5.91 Å². The Morgan fingerprint density at radius 1 is 1.00 bits per heavy atom. The molecule has 4 nitrogen and oxygen atoms in total. The Morgan fingerprint density at radius 2 is 1.56 bits per heavy atom. The summed E-state index contributed by atoms with van der Waals surface area (Å²) in [6.45, 7) is 0.857. The number of carbonyl (C=O) groups is 1. The maximum Gasteiger partial charge on any atom is 0.230 e. The van der Waals surface area contributed by atoms with Crippen LogP contribution >= 0.6 is 11.8 Å². The van der Waals surface area contributed by atoms with E-state index in [0.29, 0.717) is 5.91 Å². The van der Waals surface area contributed by atoms with E-state index in [4.69, 9.17) is 9.47 Å². The fraction of sp³-hybridized carbons (Fsp3) is 0.682. The van der Waals surface area contributed by atoms with Crippen LogP contribution in [0.3, 0.4) is 0 Å². The molecular formula is C22H29NO3S. The van der Waals surface area contributed by atoms with E-state index in [-0.39, 0.29) is 10.8 Å². The first-order valence-electron chi connectivity index (χ1n) is 10.3. The second-order valence-corrected chi connectivity index (χ2v) is 10.3. The minimum atomic E-state index is -0.0686. The third-order valence-electron chi connectivity index (χ3n) is 7.30. The lowest BCUT2D eigenvalue weighted by atomic mass is 9.49. The topological polar surface area (TPSA) is 38.8 Å². The quantitative estimate of drug-likeness (QED) is 0.763. The van der Waals surface area contributed by atoms with Gasteiger partial charge in [0.15, 0.2) is 0 Å². The highest BCUT2D eigenvalue weighted by Gasteiger charge is 2.56. The molecule has 1 amide bonds. The van der Waals surface area contributed by atoms with E-state index >= 15 is 0 Å². The number of benzene rings is 1. The average molecular weight is 388 g/mol. The molecule has 1 unspecified atom stereocenters. The predicted octanol–water partition coefficient (Wildman–Crippen LogP) is 4.49. The van der Waals surface area contributed by atoms with Crippen molar-refractivity contribution in [3.05, 3.63) is 23.8 Å². The first kappa shape index (κ1) is 17.7. The molecule has 4 aliphatic carbocycles. The minimum Gasteiger partial charge on any atom is -0.497 e. The van der Waals surface area contributed by atoms with Gasteiger partial charge in [0, 0.05) is 18.4 Å². The van der Waals surface area contributed by atoms with Gasteiger partial charge in [-0.3, -0.25) is 4.79 Å². The molecule has 0 N–H and O–H groups in total. The van der Waals surface area contributed by atoms with E-state index in [9.17, 15) is 4.79 Å². The van der Waals surface area contributed by atoms with Gasteiger partial charge < -0.3 is 14.4 Å². The zero-order chi connectivity index (χ0) is 18.6. The Bertz CT molecular complexity index is 692. The molecule has 5 aliphatic rings. The van der Waals surface area contributed by atoms with Gasteiger partial charge in [0.1, 0.15) is 16.9 Å². The first-order valence-corrected chi connectivity index (χ1v) is 11.3. The summed E-state index contributed by atoms with van der Waals surface area (Å²) in [5.74, 6) is 5.40. The largest absolute Gasteiger partial charge is 0.497 e. The van der Waals surface area contributed by atoms with Crippen molar-refractivity contribution in [3.8, 4) is 11.5 Å². The number of hydrogen-bond donors (Lipinski definition) is 0. The summed E-state index contributed by atoms with van der Waals surface area (Å²) >= 11 is 1.87. The van der Waals surface area contributed by atoms with Crippen LogP contribution < -0.4 is 9.47 Å². The van der Waals surface area contributed by atoms with Crippen LogP contribution in [0.25, 0.3) is 0 Å². The first-order chi connectivity index (χ1) is 13.1. The van der Waals surface area contributed by atoms with Crippen molar-refractivity contribution < 1.29 is 14.3 Å². The zero-order valence-electron chi connectivity index (χ0n) is 16.3. The SMILES string of the molecule is COc1cc(OC)cc(C2SCCN2C(=O)C23CC4CC(CC(C4)C2)C3)c1. The van der Waals surface area contributed by atoms with Crippen molar-refractivity contribution in [1.29, 1.82) is 0 Å². The van der Waals surface area contributed by atoms with Crippen LogP contribution in [-0.4, -0.2) is 37.3 Å². The highest BCUT2D eigenvalue weighted by molar-refractivity contribution is 7.99. The van der Waals surface area contributed by atoms with Gasteiger partial charge in [0.05, 0.1) is 19.6 Å². The molecule has 6 rings (SSSR count).